The van der Waals surface area contributed by atoms with E-state index in [1.54, 1.807) is 0 Å². The summed E-state index contributed by atoms with van der Waals surface area (Å²) >= 11 is 0. The van der Waals surface area contributed by atoms with Crippen LogP contribution in [0.4, 0.5) is 10.1 Å². The van der Waals surface area contributed by atoms with E-state index in [1.807, 2.05) is 49.5 Å². The minimum Gasteiger partial charge on any atom is -0.368 e. The molecule has 2 saturated heterocycles. The predicted octanol–water partition coefficient (Wildman–Crippen LogP) is 4.19. The Hall–Kier alpha value is -2.99. The molecule has 3 heterocycles. The standard InChI is InChI=1S/C27H29FN4O/c1-18-6-7-20(32-16-21(17-32)31-13-9-19(28)15-31)14-23(18)26(33)30-27(10-11-27)24-8-12-29-25-5-3-2-4-22(24)25/h2-8,12,14,19,21H,9-11,13,15-17H2,1H3,(H,30,33). The van der Waals surface area contributed by atoms with Gasteiger partial charge in [0.25, 0.3) is 5.91 Å². The molecule has 3 aliphatic rings. The normalized spacial score (nSPS) is 22.4. The molecule has 0 bridgehead atoms. The molecular formula is C27H29FN4O. The average molecular weight is 445 g/mol. The number of pyridine rings is 1. The Balaban J connectivity index is 1.20. The van der Waals surface area contributed by atoms with Gasteiger partial charge in [0.05, 0.1) is 11.1 Å². The molecule has 1 amide bonds. The van der Waals surface area contributed by atoms with E-state index in [9.17, 15) is 9.18 Å². The molecule has 33 heavy (non-hydrogen) atoms. The summed E-state index contributed by atoms with van der Waals surface area (Å²) in [6.45, 7) is 5.19. The lowest BCUT2D eigenvalue weighted by Gasteiger charge is -2.45. The van der Waals surface area contributed by atoms with E-state index in [4.69, 9.17) is 0 Å². The molecule has 1 N–H and O–H groups in total. The molecule has 2 aliphatic heterocycles. The molecule has 0 spiro atoms. The van der Waals surface area contributed by atoms with Gasteiger partial charge in [-0.15, -0.1) is 0 Å². The number of likely N-dealkylation sites (tertiary alicyclic amines) is 1. The molecule has 1 atom stereocenters. The van der Waals surface area contributed by atoms with Crippen molar-refractivity contribution < 1.29 is 9.18 Å². The fraction of sp³-hybridized carbons (Fsp3) is 0.407. The predicted molar refractivity (Wildman–Crippen MR) is 128 cm³/mol. The summed E-state index contributed by atoms with van der Waals surface area (Å²) in [4.78, 5) is 22.5. The van der Waals surface area contributed by atoms with Gasteiger partial charge < -0.3 is 10.2 Å². The van der Waals surface area contributed by atoms with E-state index in [2.05, 4.69) is 32.2 Å². The molecule has 170 valence electrons. The zero-order chi connectivity index (χ0) is 22.6. The number of amides is 1. The van der Waals surface area contributed by atoms with Crippen LogP contribution in [0.1, 0.15) is 40.7 Å². The number of alkyl halides is 1. The van der Waals surface area contributed by atoms with Crippen LogP contribution in [0.15, 0.2) is 54.7 Å². The Bertz CT molecular complexity index is 1210. The molecule has 1 unspecified atom stereocenters. The summed E-state index contributed by atoms with van der Waals surface area (Å²) in [5.41, 5.74) is 4.56. The van der Waals surface area contributed by atoms with Crippen molar-refractivity contribution >= 4 is 22.5 Å². The van der Waals surface area contributed by atoms with Crippen LogP contribution < -0.4 is 10.2 Å². The van der Waals surface area contributed by atoms with E-state index >= 15 is 0 Å². The minimum absolute atomic E-state index is 0.0235. The molecule has 2 aromatic carbocycles. The SMILES string of the molecule is Cc1ccc(N2CC(N3CCC(F)C3)C2)cc1C(=O)NC1(c2ccnc3ccccc23)CC1. The fourth-order valence-corrected chi connectivity index (χ4v) is 5.41. The quantitative estimate of drug-likeness (QED) is 0.641. The van der Waals surface area contributed by atoms with Crippen molar-refractivity contribution in [1.82, 2.24) is 15.2 Å². The van der Waals surface area contributed by atoms with Crippen molar-refractivity contribution in [2.45, 2.75) is 43.9 Å². The minimum atomic E-state index is -0.680. The van der Waals surface area contributed by atoms with Crippen molar-refractivity contribution in [1.29, 1.82) is 0 Å². The van der Waals surface area contributed by atoms with Crippen LogP contribution in [-0.2, 0) is 5.54 Å². The van der Waals surface area contributed by atoms with Crippen LogP contribution >= 0.6 is 0 Å². The topological polar surface area (TPSA) is 48.5 Å². The van der Waals surface area contributed by atoms with Gasteiger partial charge in [-0.1, -0.05) is 24.3 Å². The van der Waals surface area contributed by atoms with Gasteiger partial charge in [-0.25, -0.2) is 4.39 Å². The molecular weight excluding hydrogens is 415 g/mol. The lowest BCUT2D eigenvalue weighted by Crippen LogP contribution is -2.59. The van der Waals surface area contributed by atoms with E-state index in [-0.39, 0.29) is 11.4 Å². The molecule has 6 heteroatoms. The number of aromatic nitrogens is 1. The van der Waals surface area contributed by atoms with Crippen LogP contribution in [0, 0.1) is 6.92 Å². The average Bonchev–Trinajstić information content (AvgIpc) is 3.45. The molecule has 3 fully saturated rings. The second-order valence-corrected chi connectivity index (χ2v) is 9.85. The van der Waals surface area contributed by atoms with Crippen molar-refractivity contribution in [3.05, 3.63) is 71.4 Å². The number of fused-ring (bicyclic) bond motifs is 1. The fourth-order valence-electron chi connectivity index (χ4n) is 5.41. The lowest BCUT2D eigenvalue weighted by molar-refractivity contribution is 0.0930. The Labute approximate surface area is 193 Å². The molecule has 1 saturated carbocycles. The number of aryl methyl sites for hydroxylation is 1. The van der Waals surface area contributed by atoms with Gasteiger partial charge in [0.15, 0.2) is 0 Å². The maximum absolute atomic E-state index is 13.5. The molecule has 0 radical (unpaired) electrons. The van der Waals surface area contributed by atoms with Gasteiger partial charge in [0.2, 0.25) is 0 Å². The number of rotatable bonds is 5. The largest absolute Gasteiger partial charge is 0.368 e. The zero-order valence-corrected chi connectivity index (χ0v) is 18.9. The molecule has 5 nitrogen and oxygen atoms in total. The van der Waals surface area contributed by atoms with Crippen LogP contribution in [-0.4, -0.2) is 54.2 Å². The molecule has 3 aromatic rings. The number of hydrogen-bond donors (Lipinski definition) is 1. The summed E-state index contributed by atoms with van der Waals surface area (Å²) in [5, 5.41) is 4.46. The summed E-state index contributed by atoms with van der Waals surface area (Å²) in [5.74, 6) is -0.0235. The van der Waals surface area contributed by atoms with Crippen LogP contribution in [0.25, 0.3) is 10.9 Å². The monoisotopic (exact) mass is 444 g/mol. The second kappa shape index (κ2) is 7.80. The first-order valence-corrected chi connectivity index (χ1v) is 11.9. The number of nitrogens with one attached hydrogen (secondary N) is 1. The number of benzene rings is 2. The van der Waals surface area contributed by atoms with E-state index in [0.717, 1.165) is 65.8 Å². The number of carbonyl (C=O) groups excluding carboxylic acids is 1. The van der Waals surface area contributed by atoms with E-state index < -0.39 is 6.17 Å². The number of hydrogen-bond acceptors (Lipinski definition) is 4. The van der Waals surface area contributed by atoms with Gasteiger partial charge in [-0.05, 0) is 61.6 Å². The van der Waals surface area contributed by atoms with Crippen molar-refractivity contribution in [3.8, 4) is 0 Å². The third-order valence-electron chi connectivity index (χ3n) is 7.64. The molecule has 1 aliphatic carbocycles. The van der Waals surface area contributed by atoms with Gasteiger partial charge in [0.1, 0.15) is 6.17 Å². The maximum Gasteiger partial charge on any atom is 0.252 e. The van der Waals surface area contributed by atoms with Gasteiger partial charge >= 0.3 is 0 Å². The summed E-state index contributed by atoms with van der Waals surface area (Å²) in [7, 11) is 0. The van der Waals surface area contributed by atoms with Gasteiger partial charge in [0, 0.05) is 55.1 Å². The van der Waals surface area contributed by atoms with E-state index in [0.29, 0.717) is 19.0 Å². The number of para-hydroxylation sites is 1. The first-order valence-electron chi connectivity index (χ1n) is 11.9. The summed E-state index contributed by atoms with van der Waals surface area (Å²) < 4.78 is 13.5. The smallest absolute Gasteiger partial charge is 0.252 e. The van der Waals surface area contributed by atoms with Crippen LogP contribution in [0.5, 0.6) is 0 Å². The van der Waals surface area contributed by atoms with Crippen molar-refractivity contribution in [2.75, 3.05) is 31.1 Å². The maximum atomic E-state index is 13.5. The van der Waals surface area contributed by atoms with Crippen LogP contribution in [0.3, 0.4) is 0 Å². The lowest BCUT2D eigenvalue weighted by atomic mass is 9.98. The van der Waals surface area contributed by atoms with Gasteiger partial charge in [-0.2, -0.15) is 0 Å². The Kier molecular flexibility index (Phi) is 4.87. The third kappa shape index (κ3) is 3.66. The molecule has 1 aromatic heterocycles. The second-order valence-electron chi connectivity index (χ2n) is 9.85. The third-order valence-corrected chi connectivity index (χ3v) is 7.64. The first kappa shape index (κ1) is 20.6. The number of carbonyl (C=O) groups is 1. The Morgan fingerprint density at radius 2 is 1.94 bits per heavy atom. The highest BCUT2D eigenvalue weighted by Crippen LogP contribution is 2.48. The first-order chi connectivity index (χ1) is 16.0. The van der Waals surface area contributed by atoms with Gasteiger partial charge in [-0.3, -0.25) is 14.7 Å². The van der Waals surface area contributed by atoms with E-state index in [1.165, 1.54) is 0 Å². The number of anilines is 1. The molecule has 6 rings (SSSR count). The highest BCUT2D eigenvalue weighted by Gasteiger charge is 2.47. The summed E-state index contributed by atoms with van der Waals surface area (Å²) in [6.07, 6.45) is 3.68. The highest BCUT2D eigenvalue weighted by atomic mass is 19.1. The Morgan fingerprint density at radius 1 is 1.12 bits per heavy atom. The van der Waals surface area contributed by atoms with Crippen molar-refractivity contribution in [3.63, 3.8) is 0 Å². The zero-order valence-electron chi connectivity index (χ0n) is 18.9. The summed E-state index contributed by atoms with van der Waals surface area (Å²) in [6, 6.07) is 16.7. The number of halogens is 1. The number of nitrogens with zero attached hydrogens (tertiary/aromatic N) is 3. The Morgan fingerprint density at radius 3 is 2.70 bits per heavy atom. The highest BCUT2D eigenvalue weighted by molar-refractivity contribution is 5.98. The van der Waals surface area contributed by atoms with Crippen LogP contribution in [0.2, 0.25) is 0 Å². The van der Waals surface area contributed by atoms with Crippen molar-refractivity contribution in [2.24, 2.45) is 0 Å².